The third kappa shape index (κ3) is 3.67. The lowest BCUT2D eigenvalue weighted by molar-refractivity contribution is -0.384. The summed E-state index contributed by atoms with van der Waals surface area (Å²) in [6.45, 7) is 0. The molecule has 0 saturated heterocycles. The molecule has 1 amide bonds. The Labute approximate surface area is 136 Å². The summed E-state index contributed by atoms with van der Waals surface area (Å²) < 4.78 is 1.93. The van der Waals surface area contributed by atoms with Crippen LogP contribution in [-0.4, -0.2) is 31.3 Å². The van der Waals surface area contributed by atoms with E-state index in [-0.39, 0.29) is 17.3 Å². The van der Waals surface area contributed by atoms with Gasteiger partial charge in [0.1, 0.15) is 5.82 Å². The van der Waals surface area contributed by atoms with Crippen molar-refractivity contribution in [2.45, 2.75) is 23.9 Å². The number of thioether (sulfide) groups is 1. The number of rotatable bonds is 6. The Morgan fingerprint density at radius 2 is 2.09 bits per heavy atom. The second kappa shape index (κ2) is 6.37. The van der Waals surface area contributed by atoms with E-state index in [2.05, 4.69) is 15.5 Å². The zero-order valence-electron chi connectivity index (χ0n) is 12.4. The Hall–Kier alpha value is -2.42. The highest BCUT2D eigenvalue weighted by Gasteiger charge is 2.29. The maximum atomic E-state index is 11.9. The summed E-state index contributed by atoms with van der Waals surface area (Å²) in [6, 6.07) is 5.73. The summed E-state index contributed by atoms with van der Waals surface area (Å²) in [5.41, 5.74) is 0.516. The molecule has 1 aromatic carbocycles. The first kappa shape index (κ1) is 15.5. The summed E-state index contributed by atoms with van der Waals surface area (Å²) >= 11 is 1.32. The molecule has 23 heavy (non-hydrogen) atoms. The molecule has 1 heterocycles. The van der Waals surface area contributed by atoms with E-state index >= 15 is 0 Å². The maximum Gasteiger partial charge on any atom is 0.269 e. The first-order valence-corrected chi connectivity index (χ1v) is 8.09. The minimum atomic E-state index is -0.479. The molecule has 0 atom stereocenters. The molecule has 0 aliphatic heterocycles. The normalized spacial score (nSPS) is 13.8. The number of nitro benzene ring substituents is 1. The highest BCUT2D eigenvalue weighted by Crippen LogP contribution is 2.39. The second-order valence-electron chi connectivity index (χ2n) is 5.31. The van der Waals surface area contributed by atoms with E-state index in [1.165, 1.54) is 36.0 Å². The minimum absolute atomic E-state index is 0.0101. The topological polar surface area (TPSA) is 103 Å². The van der Waals surface area contributed by atoms with Crippen LogP contribution in [0.15, 0.2) is 29.4 Å². The number of hydrogen-bond acceptors (Lipinski definition) is 6. The van der Waals surface area contributed by atoms with Crippen LogP contribution in [0.5, 0.6) is 0 Å². The monoisotopic (exact) mass is 333 g/mol. The number of nitro groups is 1. The van der Waals surface area contributed by atoms with E-state index in [0.29, 0.717) is 16.8 Å². The predicted octanol–water partition coefficient (Wildman–Crippen LogP) is 2.33. The number of aromatic nitrogens is 3. The Morgan fingerprint density at radius 1 is 1.39 bits per heavy atom. The van der Waals surface area contributed by atoms with E-state index < -0.39 is 4.92 Å². The van der Waals surface area contributed by atoms with Gasteiger partial charge in [0, 0.05) is 30.8 Å². The van der Waals surface area contributed by atoms with Crippen LogP contribution in [0.4, 0.5) is 11.4 Å². The molecule has 1 fully saturated rings. The van der Waals surface area contributed by atoms with E-state index in [9.17, 15) is 14.9 Å². The van der Waals surface area contributed by atoms with Gasteiger partial charge in [0.2, 0.25) is 5.91 Å². The number of amides is 1. The van der Waals surface area contributed by atoms with E-state index in [0.717, 1.165) is 18.7 Å². The zero-order valence-corrected chi connectivity index (χ0v) is 13.2. The van der Waals surface area contributed by atoms with Gasteiger partial charge in [-0.15, -0.1) is 10.2 Å². The maximum absolute atomic E-state index is 11.9. The molecular formula is C14H15N5O3S. The van der Waals surface area contributed by atoms with Gasteiger partial charge in [0.25, 0.3) is 5.69 Å². The Bertz CT molecular complexity index is 739. The highest BCUT2D eigenvalue weighted by molar-refractivity contribution is 7.99. The van der Waals surface area contributed by atoms with Gasteiger partial charge in [-0.05, 0) is 25.0 Å². The summed E-state index contributed by atoms with van der Waals surface area (Å²) in [7, 11) is 1.91. The highest BCUT2D eigenvalue weighted by atomic mass is 32.2. The smallest absolute Gasteiger partial charge is 0.269 e. The Balaban J connectivity index is 1.54. The fourth-order valence-corrected chi connectivity index (χ4v) is 2.86. The molecule has 1 N–H and O–H groups in total. The van der Waals surface area contributed by atoms with Crippen LogP contribution < -0.4 is 5.32 Å². The van der Waals surface area contributed by atoms with Crippen LogP contribution in [-0.2, 0) is 11.8 Å². The Morgan fingerprint density at radius 3 is 2.70 bits per heavy atom. The molecule has 3 rings (SSSR count). The van der Waals surface area contributed by atoms with Gasteiger partial charge in [0.15, 0.2) is 5.16 Å². The average Bonchev–Trinajstić information content (AvgIpc) is 3.30. The predicted molar refractivity (Wildman–Crippen MR) is 85.4 cm³/mol. The zero-order chi connectivity index (χ0) is 16.4. The molecule has 9 heteroatoms. The third-order valence-electron chi connectivity index (χ3n) is 3.51. The average molecular weight is 333 g/mol. The fourth-order valence-electron chi connectivity index (χ4n) is 2.14. The number of carbonyl (C=O) groups is 1. The van der Waals surface area contributed by atoms with Crippen molar-refractivity contribution < 1.29 is 9.72 Å². The molecular weight excluding hydrogens is 318 g/mol. The second-order valence-corrected chi connectivity index (χ2v) is 6.26. The number of carbonyl (C=O) groups excluding carboxylic acids is 1. The number of nitrogens with one attached hydrogen (secondary N) is 1. The van der Waals surface area contributed by atoms with Gasteiger partial charge in [-0.25, -0.2) is 0 Å². The van der Waals surface area contributed by atoms with Gasteiger partial charge in [-0.2, -0.15) is 0 Å². The molecule has 1 aliphatic carbocycles. The molecule has 0 unspecified atom stereocenters. The quantitative estimate of drug-likeness (QED) is 0.494. The van der Waals surface area contributed by atoms with Crippen LogP contribution in [0.25, 0.3) is 0 Å². The lowest BCUT2D eigenvalue weighted by Crippen LogP contribution is -2.14. The molecule has 0 radical (unpaired) electrons. The van der Waals surface area contributed by atoms with E-state index in [1.807, 2.05) is 11.6 Å². The number of non-ortho nitro benzene ring substituents is 1. The third-order valence-corrected chi connectivity index (χ3v) is 4.53. The fraction of sp³-hybridized carbons (Fsp3) is 0.357. The molecule has 1 saturated carbocycles. The summed E-state index contributed by atoms with van der Waals surface area (Å²) in [4.78, 5) is 22.0. The number of benzene rings is 1. The van der Waals surface area contributed by atoms with Crippen LogP contribution in [0, 0.1) is 10.1 Å². The molecule has 1 aromatic heterocycles. The van der Waals surface area contributed by atoms with Crippen LogP contribution in [0.1, 0.15) is 24.6 Å². The van der Waals surface area contributed by atoms with Crippen LogP contribution >= 0.6 is 11.8 Å². The van der Waals surface area contributed by atoms with Crippen molar-refractivity contribution in [3.05, 3.63) is 40.2 Å². The van der Waals surface area contributed by atoms with Crippen molar-refractivity contribution in [1.29, 1.82) is 0 Å². The van der Waals surface area contributed by atoms with Crippen molar-refractivity contribution in [1.82, 2.24) is 14.8 Å². The van der Waals surface area contributed by atoms with Gasteiger partial charge < -0.3 is 9.88 Å². The van der Waals surface area contributed by atoms with E-state index in [1.54, 1.807) is 0 Å². The lowest BCUT2D eigenvalue weighted by Gasteiger charge is -2.05. The Kier molecular flexibility index (Phi) is 4.28. The molecule has 1 aliphatic rings. The van der Waals surface area contributed by atoms with Gasteiger partial charge >= 0.3 is 0 Å². The number of anilines is 1. The molecule has 0 spiro atoms. The first-order chi connectivity index (χ1) is 11.0. The summed E-state index contributed by atoms with van der Waals surface area (Å²) in [6.07, 6.45) is 2.30. The van der Waals surface area contributed by atoms with Crippen molar-refractivity contribution in [2.75, 3.05) is 11.1 Å². The standard InChI is InChI=1S/C14H15N5O3S/c1-18-13(9-2-3-9)16-17-14(18)23-8-12(20)15-10-4-6-11(7-5-10)19(21)22/h4-7,9H,2-3,8H2,1H3,(H,15,20). The SMILES string of the molecule is Cn1c(SCC(=O)Nc2ccc([N+](=O)[O-])cc2)nnc1C1CC1. The van der Waals surface area contributed by atoms with Crippen molar-refractivity contribution >= 4 is 29.0 Å². The molecule has 8 nitrogen and oxygen atoms in total. The van der Waals surface area contributed by atoms with Gasteiger partial charge in [-0.3, -0.25) is 14.9 Å². The van der Waals surface area contributed by atoms with Crippen molar-refractivity contribution in [2.24, 2.45) is 7.05 Å². The van der Waals surface area contributed by atoms with Crippen LogP contribution in [0.3, 0.4) is 0 Å². The molecule has 0 bridgehead atoms. The first-order valence-electron chi connectivity index (χ1n) is 7.11. The van der Waals surface area contributed by atoms with Gasteiger partial charge in [-0.1, -0.05) is 11.8 Å². The van der Waals surface area contributed by atoms with Gasteiger partial charge in [0.05, 0.1) is 10.7 Å². The van der Waals surface area contributed by atoms with Crippen molar-refractivity contribution in [3.63, 3.8) is 0 Å². The van der Waals surface area contributed by atoms with Crippen molar-refractivity contribution in [3.8, 4) is 0 Å². The van der Waals surface area contributed by atoms with Crippen LogP contribution in [0.2, 0.25) is 0 Å². The lowest BCUT2D eigenvalue weighted by atomic mass is 10.3. The summed E-state index contributed by atoms with van der Waals surface area (Å²) in [5, 5.41) is 22.3. The number of nitrogens with zero attached hydrogens (tertiary/aromatic N) is 4. The molecule has 120 valence electrons. The molecule has 2 aromatic rings. The summed E-state index contributed by atoms with van der Waals surface area (Å²) in [5.74, 6) is 1.49. The number of hydrogen-bond donors (Lipinski definition) is 1. The minimum Gasteiger partial charge on any atom is -0.325 e. The van der Waals surface area contributed by atoms with E-state index in [4.69, 9.17) is 0 Å². The largest absolute Gasteiger partial charge is 0.325 e.